The highest BCUT2D eigenvalue weighted by atomic mass is 32.1. The Bertz CT molecular complexity index is 1270. The predicted molar refractivity (Wildman–Crippen MR) is 136 cm³/mol. The maximum atomic E-state index is 13.0. The summed E-state index contributed by atoms with van der Waals surface area (Å²) in [5, 5.41) is 7.91. The van der Waals surface area contributed by atoms with Gasteiger partial charge in [-0.3, -0.25) is 4.79 Å². The van der Waals surface area contributed by atoms with Crippen molar-refractivity contribution in [1.29, 1.82) is 0 Å². The van der Waals surface area contributed by atoms with Crippen LogP contribution in [0.25, 0.3) is 10.2 Å². The molecule has 0 aliphatic rings. The van der Waals surface area contributed by atoms with Crippen LogP contribution >= 0.6 is 11.3 Å². The van der Waals surface area contributed by atoms with E-state index in [4.69, 9.17) is 9.47 Å². The Balaban J connectivity index is 1.57. The van der Waals surface area contributed by atoms with Gasteiger partial charge in [-0.2, -0.15) is 0 Å². The molecule has 0 spiro atoms. The molecule has 9 nitrogen and oxygen atoms in total. The lowest BCUT2D eigenvalue weighted by Gasteiger charge is -2.20. The van der Waals surface area contributed by atoms with E-state index >= 15 is 0 Å². The third-order valence-corrected chi connectivity index (χ3v) is 6.31. The first-order valence-corrected chi connectivity index (χ1v) is 11.7. The summed E-state index contributed by atoms with van der Waals surface area (Å²) in [6, 6.07) is 9.13. The van der Waals surface area contributed by atoms with Crippen LogP contribution in [0.2, 0.25) is 0 Å². The number of benzene rings is 1. The third-order valence-electron chi connectivity index (χ3n) is 5.33. The largest absolute Gasteiger partial charge is 0.497 e. The van der Waals surface area contributed by atoms with Crippen molar-refractivity contribution in [3.05, 3.63) is 53.8 Å². The fourth-order valence-electron chi connectivity index (χ4n) is 3.54. The van der Waals surface area contributed by atoms with Crippen molar-refractivity contribution in [1.82, 2.24) is 15.0 Å². The zero-order valence-electron chi connectivity index (χ0n) is 19.5. The minimum atomic E-state index is -0.284. The molecule has 0 saturated carbocycles. The standard InChI is InChI=1S/C24H26N6O3S/c1-5-30(6-2)16-7-8-20(25-12-16)29-23-22-21(26-14-27-23)19(13-34-22)24(31)28-15-9-17(32-3)11-18(10-15)33-4/h7-14H,5-6H2,1-4H3,(H,28,31)(H,25,26,27,29). The summed E-state index contributed by atoms with van der Waals surface area (Å²) in [4.78, 5) is 28.5. The van der Waals surface area contributed by atoms with Crippen LogP contribution in [-0.2, 0) is 0 Å². The highest BCUT2D eigenvalue weighted by Crippen LogP contribution is 2.32. The predicted octanol–water partition coefficient (Wildman–Crippen LogP) is 4.95. The topological polar surface area (TPSA) is 102 Å². The molecule has 0 bridgehead atoms. The number of nitrogens with one attached hydrogen (secondary N) is 2. The lowest BCUT2D eigenvalue weighted by molar-refractivity contribution is 0.102. The first-order chi connectivity index (χ1) is 16.6. The van der Waals surface area contributed by atoms with Crippen molar-refractivity contribution in [2.24, 2.45) is 0 Å². The molecule has 2 N–H and O–H groups in total. The summed E-state index contributed by atoms with van der Waals surface area (Å²) in [5.74, 6) is 2.14. The van der Waals surface area contributed by atoms with E-state index in [0.29, 0.717) is 39.9 Å². The van der Waals surface area contributed by atoms with E-state index in [9.17, 15) is 4.79 Å². The quantitative estimate of drug-likeness (QED) is 0.349. The smallest absolute Gasteiger partial charge is 0.258 e. The molecule has 34 heavy (non-hydrogen) atoms. The first kappa shape index (κ1) is 23.2. The number of thiophene rings is 1. The Morgan fingerprint density at radius 3 is 2.38 bits per heavy atom. The molecular formula is C24H26N6O3S. The van der Waals surface area contributed by atoms with Gasteiger partial charge < -0.3 is 25.0 Å². The number of pyridine rings is 1. The van der Waals surface area contributed by atoms with Gasteiger partial charge in [0, 0.05) is 42.4 Å². The molecule has 3 heterocycles. The van der Waals surface area contributed by atoms with Crippen molar-refractivity contribution in [3.8, 4) is 11.5 Å². The molecule has 0 saturated heterocycles. The highest BCUT2D eigenvalue weighted by Gasteiger charge is 2.18. The molecule has 0 aliphatic carbocycles. The number of carbonyl (C=O) groups excluding carboxylic acids is 1. The highest BCUT2D eigenvalue weighted by molar-refractivity contribution is 7.18. The van der Waals surface area contributed by atoms with Gasteiger partial charge in [0.05, 0.1) is 41.9 Å². The molecule has 10 heteroatoms. The number of carbonyl (C=O) groups is 1. The fraction of sp³-hybridized carbons (Fsp3) is 0.250. The Kier molecular flexibility index (Phi) is 7.07. The van der Waals surface area contributed by atoms with Gasteiger partial charge >= 0.3 is 0 Å². The maximum absolute atomic E-state index is 13.0. The number of hydrogen-bond acceptors (Lipinski definition) is 9. The van der Waals surface area contributed by atoms with Crippen LogP contribution in [0.15, 0.2) is 48.2 Å². The van der Waals surface area contributed by atoms with E-state index in [2.05, 4.69) is 44.3 Å². The number of hydrogen-bond donors (Lipinski definition) is 2. The van der Waals surface area contributed by atoms with E-state index in [1.807, 2.05) is 18.3 Å². The Morgan fingerprint density at radius 1 is 1.03 bits per heavy atom. The molecule has 0 atom stereocenters. The van der Waals surface area contributed by atoms with Crippen LogP contribution < -0.4 is 25.0 Å². The number of methoxy groups -OCH3 is 2. The van der Waals surface area contributed by atoms with Crippen molar-refractivity contribution in [2.75, 3.05) is 42.8 Å². The molecule has 0 radical (unpaired) electrons. The summed E-state index contributed by atoms with van der Waals surface area (Å²) < 4.78 is 11.3. The van der Waals surface area contributed by atoms with Gasteiger partial charge in [0.1, 0.15) is 23.6 Å². The second-order valence-electron chi connectivity index (χ2n) is 7.30. The van der Waals surface area contributed by atoms with Crippen molar-refractivity contribution < 1.29 is 14.3 Å². The molecular weight excluding hydrogens is 452 g/mol. The first-order valence-electron chi connectivity index (χ1n) is 10.8. The molecule has 4 aromatic rings. The third kappa shape index (κ3) is 4.86. The molecule has 1 aromatic carbocycles. The fourth-order valence-corrected chi connectivity index (χ4v) is 4.48. The van der Waals surface area contributed by atoms with Crippen LogP contribution in [0.1, 0.15) is 24.2 Å². The molecule has 0 aliphatic heterocycles. The van der Waals surface area contributed by atoms with E-state index in [0.717, 1.165) is 23.5 Å². The minimum Gasteiger partial charge on any atom is -0.497 e. The number of aromatic nitrogens is 3. The number of fused-ring (bicyclic) bond motifs is 1. The molecule has 1 amide bonds. The zero-order valence-corrected chi connectivity index (χ0v) is 20.3. The molecule has 4 rings (SSSR count). The van der Waals surface area contributed by atoms with Gasteiger partial charge in [-0.05, 0) is 26.0 Å². The Morgan fingerprint density at radius 2 is 1.76 bits per heavy atom. The average molecular weight is 479 g/mol. The maximum Gasteiger partial charge on any atom is 0.258 e. The average Bonchev–Trinajstić information content (AvgIpc) is 3.31. The summed E-state index contributed by atoms with van der Waals surface area (Å²) >= 11 is 1.40. The van der Waals surface area contributed by atoms with Crippen LogP contribution in [0.3, 0.4) is 0 Å². The second-order valence-corrected chi connectivity index (χ2v) is 8.18. The SMILES string of the molecule is CCN(CC)c1ccc(Nc2ncnc3c(C(=O)Nc4cc(OC)cc(OC)c4)csc23)nc1. The summed E-state index contributed by atoms with van der Waals surface area (Å²) in [5.41, 5.74) is 2.64. The normalized spacial score (nSPS) is 10.7. The van der Waals surface area contributed by atoms with Gasteiger partial charge in [0.25, 0.3) is 5.91 Å². The monoisotopic (exact) mass is 478 g/mol. The van der Waals surface area contributed by atoms with Crippen LogP contribution in [-0.4, -0.2) is 48.2 Å². The van der Waals surface area contributed by atoms with Gasteiger partial charge in [-0.25, -0.2) is 15.0 Å². The molecule has 3 aromatic heterocycles. The van der Waals surface area contributed by atoms with Crippen molar-refractivity contribution >= 4 is 50.5 Å². The van der Waals surface area contributed by atoms with Crippen LogP contribution in [0.5, 0.6) is 11.5 Å². The summed E-state index contributed by atoms with van der Waals surface area (Å²) in [7, 11) is 3.12. The number of rotatable bonds is 9. The number of amides is 1. The van der Waals surface area contributed by atoms with Gasteiger partial charge in [0.2, 0.25) is 0 Å². The van der Waals surface area contributed by atoms with E-state index in [1.54, 1.807) is 37.8 Å². The Hall–Kier alpha value is -3.92. The molecule has 0 unspecified atom stereocenters. The van der Waals surface area contributed by atoms with E-state index in [-0.39, 0.29) is 5.91 Å². The van der Waals surface area contributed by atoms with E-state index < -0.39 is 0 Å². The van der Waals surface area contributed by atoms with Crippen LogP contribution in [0.4, 0.5) is 23.0 Å². The lowest BCUT2D eigenvalue weighted by atomic mass is 10.2. The van der Waals surface area contributed by atoms with Gasteiger partial charge in [-0.15, -0.1) is 11.3 Å². The molecule has 0 fully saturated rings. The number of nitrogens with zero attached hydrogens (tertiary/aromatic N) is 4. The van der Waals surface area contributed by atoms with Gasteiger partial charge in [-0.1, -0.05) is 0 Å². The Labute approximate surface area is 201 Å². The number of ether oxygens (including phenoxy) is 2. The van der Waals surface area contributed by atoms with Crippen molar-refractivity contribution in [3.63, 3.8) is 0 Å². The summed E-state index contributed by atoms with van der Waals surface area (Å²) in [6.45, 7) is 6.06. The van der Waals surface area contributed by atoms with E-state index in [1.165, 1.54) is 17.7 Å². The van der Waals surface area contributed by atoms with Crippen molar-refractivity contribution in [2.45, 2.75) is 13.8 Å². The summed E-state index contributed by atoms with van der Waals surface area (Å²) in [6.07, 6.45) is 3.27. The minimum absolute atomic E-state index is 0.284. The van der Waals surface area contributed by atoms with Gasteiger partial charge in [0.15, 0.2) is 5.82 Å². The molecule has 176 valence electrons. The number of anilines is 4. The second kappa shape index (κ2) is 10.3. The zero-order chi connectivity index (χ0) is 24.1. The lowest BCUT2D eigenvalue weighted by Crippen LogP contribution is -2.21. The van der Waals surface area contributed by atoms with Crippen LogP contribution in [0, 0.1) is 0 Å².